The molecule has 3 rings (SSSR count). The van der Waals surface area contributed by atoms with E-state index >= 15 is 0 Å². The van der Waals surface area contributed by atoms with Crippen LogP contribution in [0.5, 0.6) is 0 Å². The zero-order valence-electron chi connectivity index (χ0n) is 18.5. The number of amides is 1. The molecule has 0 aliphatic carbocycles. The van der Waals surface area contributed by atoms with E-state index in [1.807, 2.05) is 4.90 Å². The molecule has 5 heteroatoms. The Morgan fingerprint density at radius 3 is 2.28 bits per heavy atom. The van der Waals surface area contributed by atoms with Crippen molar-refractivity contribution in [1.29, 1.82) is 0 Å². The molecule has 1 aromatic carbocycles. The second kappa shape index (κ2) is 9.38. The van der Waals surface area contributed by atoms with Gasteiger partial charge < -0.3 is 9.80 Å². The van der Waals surface area contributed by atoms with Gasteiger partial charge >= 0.3 is 0 Å². The number of piperazine rings is 1. The molecule has 0 radical (unpaired) electrons. The number of carbonyl (C=O) groups excluding carboxylic acids is 1. The summed E-state index contributed by atoms with van der Waals surface area (Å²) in [6.07, 6.45) is 2.70. The first kappa shape index (κ1) is 21.3. The number of aryl methyl sites for hydroxylation is 2. The molecule has 1 aliphatic heterocycles. The van der Waals surface area contributed by atoms with Crippen LogP contribution in [0.15, 0.2) is 24.3 Å². The molecule has 2 aromatic rings. The molecule has 1 saturated heterocycles. The largest absolute Gasteiger partial charge is 0.353 e. The lowest BCUT2D eigenvalue weighted by molar-refractivity contribution is -0.131. The van der Waals surface area contributed by atoms with Crippen molar-refractivity contribution >= 4 is 11.7 Å². The van der Waals surface area contributed by atoms with E-state index in [0.717, 1.165) is 61.9 Å². The van der Waals surface area contributed by atoms with Gasteiger partial charge in [-0.1, -0.05) is 57.0 Å². The van der Waals surface area contributed by atoms with E-state index < -0.39 is 0 Å². The molecule has 0 spiro atoms. The Morgan fingerprint density at radius 2 is 1.69 bits per heavy atom. The van der Waals surface area contributed by atoms with E-state index in [2.05, 4.69) is 63.8 Å². The number of aromatic nitrogens is 2. The third-order valence-corrected chi connectivity index (χ3v) is 5.68. The highest BCUT2D eigenvalue weighted by Gasteiger charge is 2.25. The summed E-state index contributed by atoms with van der Waals surface area (Å²) in [6.45, 7) is 13.9. The highest BCUT2D eigenvalue weighted by atomic mass is 16.2. The lowest BCUT2D eigenvalue weighted by atomic mass is 10.0. The highest BCUT2D eigenvalue weighted by molar-refractivity contribution is 5.76. The van der Waals surface area contributed by atoms with Crippen molar-refractivity contribution in [3.8, 4) is 11.4 Å². The van der Waals surface area contributed by atoms with Crippen LogP contribution < -0.4 is 4.90 Å². The van der Waals surface area contributed by atoms with E-state index in [9.17, 15) is 4.79 Å². The molecule has 0 atom stereocenters. The number of unbranched alkanes of at least 4 members (excludes halogenated alkanes) is 1. The summed E-state index contributed by atoms with van der Waals surface area (Å²) < 4.78 is 0. The van der Waals surface area contributed by atoms with Gasteiger partial charge in [0.1, 0.15) is 5.82 Å². The van der Waals surface area contributed by atoms with Crippen LogP contribution >= 0.6 is 0 Å². The summed E-state index contributed by atoms with van der Waals surface area (Å²) in [5, 5.41) is 0. The lowest BCUT2D eigenvalue weighted by Gasteiger charge is -2.37. The third kappa shape index (κ3) is 4.95. The SMILES string of the molecule is CCCCC(=O)N1CCN(c2nc(-c3ccc(C)cc3)nc(C)c2C(C)C)CC1. The Hall–Kier alpha value is -2.43. The summed E-state index contributed by atoms with van der Waals surface area (Å²) in [5.41, 5.74) is 4.53. The molecule has 2 heterocycles. The van der Waals surface area contributed by atoms with Crippen molar-refractivity contribution < 1.29 is 4.79 Å². The van der Waals surface area contributed by atoms with Gasteiger partial charge in [-0.15, -0.1) is 0 Å². The van der Waals surface area contributed by atoms with Crippen LogP contribution in [0, 0.1) is 13.8 Å². The molecule has 0 bridgehead atoms. The van der Waals surface area contributed by atoms with Crippen molar-refractivity contribution in [3.05, 3.63) is 41.1 Å². The minimum atomic E-state index is 0.287. The molecule has 1 fully saturated rings. The first-order chi connectivity index (χ1) is 13.9. The maximum atomic E-state index is 12.4. The minimum absolute atomic E-state index is 0.287. The zero-order chi connectivity index (χ0) is 21.0. The van der Waals surface area contributed by atoms with E-state index in [-0.39, 0.29) is 5.91 Å². The fourth-order valence-corrected chi connectivity index (χ4v) is 3.97. The van der Waals surface area contributed by atoms with E-state index in [1.54, 1.807) is 0 Å². The Balaban J connectivity index is 1.86. The monoisotopic (exact) mass is 394 g/mol. The molecule has 1 aromatic heterocycles. The fourth-order valence-electron chi connectivity index (χ4n) is 3.97. The summed E-state index contributed by atoms with van der Waals surface area (Å²) in [5.74, 6) is 2.45. The Kier molecular flexibility index (Phi) is 6.88. The Labute approximate surface area is 175 Å². The van der Waals surface area contributed by atoms with Gasteiger partial charge in [-0.3, -0.25) is 4.79 Å². The standard InChI is InChI=1S/C24H34N4O/c1-6-7-8-21(29)27-13-15-28(16-14-27)24-22(17(2)3)19(5)25-23(26-24)20-11-9-18(4)10-12-20/h9-12,17H,6-8,13-16H2,1-5H3. The predicted molar refractivity (Wildman–Crippen MR) is 119 cm³/mol. The van der Waals surface area contributed by atoms with Gasteiger partial charge in [0.2, 0.25) is 5.91 Å². The number of anilines is 1. The molecule has 1 aliphatic rings. The Morgan fingerprint density at radius 1 is 1.03 bits per heavy atom. The highest BCUT2D eigenvalue weighted by Crippen LogP contribution is 2.31. The molecule has 156 valence electrons. The van der Waals surface area contributed by atoms with Gasteiger partial charge in [-0.05, 0) is 26.2 Å². The third-order valence-electron chi connectivity index (χ3n) is 5.68. The molecule has 0 unspecified atom stereocenters. The quantitative estimate of drug-likeness (QED) is 0.711. The summed E-state index contributed by atoms with van der Waals surface area (Å²) >= 11 is 0. The van der Waals surface area contributed by atoms with Crippen LogP contribution in [0.4, 0.5) is 5.82 Å². The van der Waals surface area contributed by atoms with Crippen LogP contribution in [-0.4, -0.2) is 47.0 Å². The van der Waals surface area contributed by atoms with Crippen molar-refractivity contribution in [2.24, 2.45) is 0 Å². The summed E-state index contributed by atoms with van der Waals surface area (Å²) in [4.78, 5) is 26.6. The van der Waals surface area contributed by atoms with Crippen LogP contribution in [0.2, 0.25) is 0 Å². The maximum Gasteiger partial charge on any atom is 0.222 e. The summed E-state index contributed by atoms with van der Waals surface area (Å²) in [6, 6.07) is 8.38. The van der Waals surface area contributed by atoms with Gasteiger partial charge in [0.05, 0.1) is 0 Å². The number of carbonyl (C=O) groups is 1. The lowest BCUT2D eigenvalue weighted by Crippen LogP contribution is -2.49. The van der Waals surface area contributed by atoms with Crippen LogP contribution in [0.1, 0.15) is 62.8 Å². The number of rotatable bonds is 6. The fraction of sp³-hybridized carbons (Fsp3) is 0.542. The molecule has 29 heavy (non-hydrogen) atoms. The van der Waals surface area contributed by atoms with Crippen molar-refractivity contribution in [2.45, 2.75) is 59.8 Å². The number of hydrogen-bond acceptors (Lipinski definition) is 4. The van der Waals surface area contributed by atoms with E-state index in [0.29, 0.717) is 12.3 Å². The van der Waals surface area contributed by atoms with Gasteiger partial charge in [0.15, 0.2) is 5.82 Å². The minimum Gasteiger partial charge on any atom is -0.353 e. The second-order valence-electron chi connectivity index (χ2n) is 8.36. The second-order valence-corrected chi connectivity index (χ2v) is 8.36. The number of benzene rings is 1. The Bertz CT molecular complexity index is 837. The molecular weight excluding hydrogens is 360 g/mol. The van der Waals surface area contributed by atoms with Crippen LogP contribution in [-0.2, 0) is 4.79 Å². The van der Waals surface area contributed by atoms with Crippen LogP contribution in [0.3, 0.4) is 0 Å². The maximum absolute atomic E-state index is 12.4. The zero-order valence-corrected chi connectivity index (χ0v) is 18.5. The molecule has 0 saturated carbocycles. The van der Waals surface area contributed by atoms with Crippen LogP contribution in [0.25, 0.3) is 11.4 Å². The van der Waals surface area contributed by atoms with Gasteiger partial charge in [0.25, 0.3) is 0 Å². The van der Waals surface area contributed by atoms with Gasteiger partial charge in [-0.2, -0.15) is 0 Å². The van der Waals surface area contributed by atoms with E-state index in [1.165, 1.54) is 11.1 Å². The average molecular weight is 395 g/mol. The molecule has 5 nitrogen and oxygen atoms in total. The molecular formula is C24H34N4O. The van der Waals surface area contributed by atoms with Crippen molar-refractivity contribution in [1.82, 2.24) is 14.9 Å². The topological polar surface area (TPSA) is 49.3 Å². The summed E-state index contributed by atoms with van der Waals surface area (Å²) in [7, 11) is 0. The predicted octanol–water partition coefficient (Wildman–Crippen LogP) is 4.72. The molecule has 1 amide bonds. The first-order valence-corrected chi connectivity index (χ1v) is 10.9. The number of hydrogen-bond donors (Lipinski definition) is 0. The van der Waals surface area contributed by atoms with Gasteiger partial charge in [0, 0.05) is 49.4 Å². The smallest absolute Gasteiger partial charge is 0.222 e. The van der Waals surface area contributed by atoms with Crippen molar-refractivity contribution in [2.75, 3.05) is 31.1 Å². The average Bonchev–Trinajstić information content (AvgIpc) is 2.71. The normalized spacial score (nSPS) is 14.6. The number of nitrogens with zero attached hydrogens (tertiary/aromatic N) is 4. The van der Waals surface area contributed by atoms with Gasteiger partial charge in [-0.25, -0.2) is 9.97 Å². The molecule has 0 N–H and O–H groups in total. The van der Waals surface area contributed by atoms with Crippen molar-refractivity contribution in [3.63, 3.8) is 0 Å². The van der Waals surface area contributed by atoms with E-state index in [4.69, 9.17) is 9.97 Å². The first-order valence-electron chi connectivity index (χ1n) is 10.9.